The topological polar surface area (TPSA) is 82.3 Å². The van der Waals surface area contributed by atoms with Crippen LogP contribution < -0.4 is 0 Å². The van der Waals surface area contributed by atoms with Crippen LogP contribution in [0.5, 0.6) is 0 Å². The van der Waals surface area contributed by atoms with Crippen LogP contribution >= 0.6 is 23.4 Å². The Morgan fingerprint density at radius 1 is 1.11 bits per heavy atom. The van der Waals surface area contributed by atoms with Crippen molar-refractivity contribution < 1.29 is 18.7 Å². The normalized spacial score (nSPS) is 10.6. The van der Waals surface area contributed by atoms with Crippen LogP contribution in [-0.4, -0.2) is 27.7 Å². The van der Waals surface area contributed by atoms with Gasteiger partial charge in [0.2, 0.25) is 5.89 Å². The van der Waals surface area contributed by atoms with Crippen molar-refractivity contribution in [1.29, 1.82) is 0 Å². The van der Waals surface area contributed by atoms with Crippen molar-refractivity contribution in [2.24, 2.45) is 0 Å². The van der Waals surface area contributed by atoms with E-state index >= 15 is 0 Å². The van der Waals surface area contributed by atoms with Gasteiger partial charge in [-0.05, 0) is 43.3 Å². The van der Waals surface area contributed by atoms with E-state index < -0.39 is 5.97 Å². The van der Waals surface area contributed by atoms with Gasteiger partial charge in [0.15, 0.2) is 6.61 Å². The van der Waals surface area contributed by atoms with Crippen LogP contribution in [0, 0.1) is 0 Å². The van der Waals surface area contributed by atoms with Gasteiger partial charge in [-0.2, -0.15) is 0 Å². The Kier molecular flexibility index (Phi) is 6.26. The number of aromatic nitrogens is 2. The number of carbonyl (C=O) groups excluding carboxylic acids is 2. The maximum absolute atomic E-state index is 12.4. The van der Waals surface area contributed by atoms with Gasteiger partial charge in [0, 0.05) is 15.5 Å². The Hall–Kier alpha value is -2.64. The predicted molar refractivity (Wildman–Crippen MR) is 102 cm³/mol. The van der Waals surface area contributed by atoms with Crippen molar-refractivity contribution in [3.8, 4) is 11.5 Å². The first-order valence-electron chi connectivity index (χ1n) is 7.99. The molecule has 0 bridgehead atoms. The molecule has 27 heavy (non-hydrogen) atoms. The van der Waals surface area contributed by atoms with Crippen LogP contribution in [0.15, 0.2) is 57.8 Å². The number of rotatable bonds is 7. The lowest BCUT2D eigenvalue weighted by atomic mass is 10.2. The molecular weight excluding hydrogens is 388 g/mol. The monoisotopic (exact) mass is 402 g/mol. The van der Waals surface area contributed by atoms with E-state index in [9.17, 15) is 9.59 Å². The van der Waals surface area contributed by atoms with E-state index in [1.165, 1.54) is 18.7 Å². The summed E-state index contributed by atoms with van der Waals surface area (Å²) >= 11 is 7.15. The third-order valence-corrected chi connectivity index (χ3v) is 4.89. The Labute approximate surface area is 164 Å². The summed E-state index contributed by atoms with van der Waals surface area (Å²) in [6.45, 7) is 1.35. The molecule has 0 amide bonds. The highest BCUT2D eigenvalue weighted by Crippen LogP contribution is 2.24. The fraction of sp³-hybridized carbons (Fsp3) is 0.158. The van der Waals surface area contributed by atoms with Gasteiger partial charge in [0.25, 0.3) is 5.89 Å². The van der Waals surface area contributed by atoms with Gasteiger partial charge in [-0.1, -0.05) is 23.7 Å². The Balaban J connectivity index is 1.65. The lowest BCUT2D eigenvalue weighted by molar-refractivity contribution is -0.114. The zero-order valence-electron chi connectivity index (χ0n) is 14.3. The molecule has 0 fully saturated rings. The van der Waals surface area contributed by atoms with E-state index in [0.29, 0.717) is 27.1 Å². The van der Waals surface area contributed by atoms with Crippen molar-refractivity contribution in [2.45, 2.75) is 18.4 Å². The minimum absolute atomic E-state index is 0.0313. The summed E-state index contributed by atoms with van der Waals surface area (Å²) in [6, 6.07) is 13.9. The second-order valence-corrected chi connectivity index (χ2v) is 7.02. The largest absolute Gasteiger partial charge is 0.452 e. The smallest absolute Gasteiger partial charge is 0.339 e. The third kappa shape index (κ3) is 5.18. The van der Waals surface area contributed by atoms with Crippen molar-refractivity contribution in [3.63, 3.8) is 0 Å². The molecule has 1 heterocycles. The molecule has 0 unspecified atom stereocenters. The number of carbonyl (C=O) groups is 2. The average molecular weight is 403 g/mol. The van der Waals surface area contributed by atoms with E-state index in [0.717, 1.165) is 5.56 Å². The highest BCUT2D eigenvalue weighted by atomic mass is 35.5. The number of nitrogens with zero attached hydrogens (tertiary/aromatic N) is 2. The number of ether oxygens (including phenoxy) is 1. The molecule has 6 nitrogen and oxygen atoms in total. The summed E-state index contributed by atoms with van der Waals surface area (Å²) in [5.41, 5.74) is 1.11. The van der Waals surface area contributed by atoms with E-state index in [4.69, 9.17) is 20.8 Å². The standard InChI is InChI=1S/C19H15ClN2O4S/c1-12(23)11-27-16-5-3-2-4-15(16)19(24)25-10-17-21-22-18(26-17)13-6-8-14(20)9-7-13/h2-9H,10-11H2,1H3. The first-order valence-corrected chi connectivity index (χ1v) is 9.36. The fourth-order valence-corrected chi connectivity index (χ4v) is 3.13. The van der Waals surface area contributed by atoms with E-state index in [1.807, 2.05) is 0 Å². The molecule has 2 aromatic carbocycles. The summed E-state index contributed by atoms with van der Waals surface area (Å²) < 4.78 is 10.8. The lowest BCUT2D eigenvalue weighted by Gasteiger charge is -2.07. The van der Waals surface area contributed by atoms with Crippen molar-refractivity contribution >= 4 is 35.1 Å². The number of ketones is 1. The number of benzene rings is 2. The molecule has 0 N–H and O–H groups in total. The SMILES string of the molecule is CC(=O)CSc1ccccc1C(=O)OCc1nnc(-c2ccc(Cl)cc2)o1. The van der Waals surface area contributed by atoms with Crippen molar-refractivity contribution in [2.75, 3.05) is 5.75 Å². The van der Waals surface area contributed by atoms with Gasteiger partial charge >= 0.3 is 5.97 Å². The minimum Gasteiger partial charge on any atom is -0.452 e. The molecule has 0 atom stereocenters. The van der Waals surface area contributed by atoms with Crippen LogP contribution in [0.2, 0.25) is 5.02 Å². The predicted octanol–water partition coefficient (Wildman–Crippen LogP) is 4.43. The number of hydrogen-bond acceptors (Lipinski definition) is 7. The maximum atomic E-state index is 12.4. The molecule has 0 radical (unpaired) electrons. The lowest BCUT2D eigenvalue weighted by Crippen LogP contribution is -2.07. The highest BCUT2D eigenvalue weighted by Gasteiger charge is 2.16. The van der Waals surface area contributed by atoms with E-state index in [2.05, 4.69) is 10.2 Å². The molecule has 1 aromatic heterocycles. The zero-order valence-corrected chi connectivity index (χ0v) is 15.9. The molecule has 0 saturated heterocycles. The van der Waals surface area contributed by atoms with Crippen molar-refractivity contribution in [3.05, 3.63) is 65.0 Å². The Morgan fingerprint density at radius 3 is 2.59 bits per heavy atom. The van der Waals surface area contributed by atoms with Crippen LogP contribution in [0.3, 0.4) is 0 Å². The van der Waals surface area contributed by atoms with Gasteiger partial charge < -0.3 is 9.15 Å². The summed E-state index contributed by atoms with van der Waals surface area (Å²) in [5.74, 6) is 0.298. The third-order valence-electron chi connectivity index (χ3n) is 3.42. The molecule has 0 aliphatic rings. The number of hydrogen-bond donors (Lipinski definition) is 0. The zero-order chi connectivity index (χ0) is 19.2. The second-order valence-electron chi connectivity index (χ2n) is 5.57. The summed E-state index contributed by atoms with van der Waals surface area (Å²) in [5, 5.41) is 8.43. The molecule has 3 rings (SSSR count). The average Bonchev–Trinajstić information content (AvgIpc) is 3.14. The summed E-state index contributed by atoms with van der Waals surface area (Å²) in [7, 11) is 0. The van der Waals surface area contributed by atoms with Crippen LogP contribution in [-0.2, 0) is 16.1 Å². The number of esters is 1. The molecule has 0 spiro atoms. The van der Waals surface area contributed by atoms with Crippen LogP contribution in [0.4, 0.5) is 0 Å². The van der Waals surface area contributed by atoms with Crippen LogP contribution in [0.1, 0.15) is 23.2 Å². The van der Waals surface area contributed by atoms with Crippen LogP contribution in [0.25, 0.3) is 11.5 Å². The maximum Gasteiger partial charge on any atom is 0.339 e. The fourth-order valence-electron chi connectivity index (χ4n) is 2.17. The molecule has 3 aromatic rings. The van der Waals surface area contributed by atoms with Gasteiger partial charge in [0.05, 0.1) is 11.3 Å². The highest BCUT2D eigenvalue weighted by molar-refractivity contribution is 8.00. The minimum atomic E-state index is -0.520. The Bertz CT molecular complexity index is 956. The van der Waals surface area contributed by atoms with Gasteiger partial charge in [-0.15, -0.1) is 22.0 Å². The molecule has 138 valence electrons. The quantitative estimate of drug-likeness (QED) is 0.427. The number of thioether (sulfide) groups is 1. The molecule has 0 saturated carbocycles. The van der Waals surface area contributed by atoms with E-state index in [1.54, 1.807) is 48.5 Å². The molecule has 8 heteroatoms. The van der Waals surface area contributed by atoms with Gasteiger partial charge in [0.1, 0.15) is 5.78 Å². The summed E-state index contributed by atoms with van der Waals surface area (Å²) in [4.78, 5) is 24.2. The van der Waals surface area contributed by atoms with Gasteiger partial charge in [-0.3, -0.25) is 4.79 Å². The Morgan fingerprint density at radius 2 is 1.85 bits per heavy atom. The van der Waals surface area contributed by atoms with Crippen molar-refractivity contribution in [1.82, 2.24) is 10.2 Å². The summed E-state index contributed by atoms with van der Waals surface area (Å²) in [6.07, 6.45) is 0. The molecule has 0 aliphatic heterocycles. The number of Topliss-reactive ketones (excluding diaryl/α,β-unsaturated/α-hetero) is 1. The van der Waals surface area contributed by atoms with E-state index in [-0.39, 0.29) is 18.3 Å². The number of halogens is 1. The van der Waals surface area contributed by atoms with Gasteiger partial charge in [-0.25, -0.2) is 4.79 Å². The molecular formula is C19H15ClN2O4S. The first kappa shape index (κ1) is 19.1. The first-order chi connectivity index (χ1) is 13.0. The second kappa shape index (κ2) is 8.83. The molecule has 0 aliphatic carbocycles.